The maximum absolute atomic E-state index is 12.8. The van der Waals surface area contributed by atoms with E-state index in [-0.39, 0.29) is 12.8 Å². The van der Waals surface area contributed by atoms with E-state index >= 15 is 0 Å². The Kier molecular flexibility index (Phi) is 13.6. The number of primary amides is 1. The molecule has 35 heavy (non-hydrogen) atoms. The van der Waals surface area contributed by atoms with Crippen LogP contribution in [-0.4, -0.2) is 81.0 Å². The highest BCUT2D eigenvalue weighted by Gasteiger charge is 2.33. The number of carboxylic acids is 3. The van der Waals surface area contributed by atoms with Crippen LogP contribution in [-0.2, 0) is 33.6 Å². The number of hydrogen-bond donors (Lipinski definition) is 8. The molecular weight excluding hydrogens is 470 g/mol. The Morgan fingerprint density at radius 3 is 1.80 bits per heavy atom. The quantitative estimate of drug-likeness (QED) is 0.103. The summed E-state index contributed by atoms with van der Waals surface area (Å²) in [5.41, 5.74) is 10.6. The predicted octanol–water partition coefficient (Wildman–Crippen LogP) is -2.50. The molecule has 0 bridgehead atoms. The lowest BCUT2D eigenvalue weighted by Gasteiger charge is -2.27. The van der Waals surface area contributed by atoms with E-state index in [2.05, 4.69) is 16.0 Å². The highest BCUT2D eigenvalue weighted by atomic mass is 16.4. The fourth-order valence-corrected chi connectivity index (χ4v) is 2.83. The Morgan fingerprint density at radius 2 is 1.34 bits per heavy atom. The smallest absolute Gasteiger partial charge is 0.326 e. The second-order valence-corrected chi connectivity index (χ2v) is 7.97. The second-order valence-electron chi connectivity index (χ2n) is 7.97. The Labute approximate surface area is 201 Å². The Morgan fingerprint density at radius 1 is 0.771 bits per heavy atom. The number of nitrogens with one attached hydrogen (secondary N) is 3. The number of carboxylic acid groups (broad SMARTS) is 3. The van der Waals surface area contributed by atoms with E-state index in [1.165, 1.54) is 0 Å². The van der Waals surface area contributed by atoms with Crippen LogP contribution < -0.4 is 27.4 Å². The van der Waals surface area contributed by atoms with Crippen LogP contribution in [0.15, 0.2) is 0 Å². The zero-order valence-corrected chi connectivity index (χ0v) is 19.5. The summed E-state index contributed by atoms with van der Waals surface area (Å²) in [6.45, 7) is 3.26. The van der Waals surface area contributed by atoms with Crippen molar-refractivity contribution in [3.63, 3.8) is 0 Å². The minimum atomic E-state index is -1.64. The van der Waals surface area contributed by atoms with E-state index in [4.69, 9.17) is 21.7 Å². The zero-order valence-electron chi connectivity index (χ0n) is 19.5. The van der Waals surface area contributed by atoms with Crippen LogP contribution in [0, 0.1) is 5.92 Å². The van der Waals surface area contributed by atoms with Gasteiger partial charge in [0.2, 0.25) is 23.6 Å². The van der Waals surface area contributed by atoms with E-state index in [0.717, 1.165) is 0 Å². The van der Waals surface area contributed by atoms with E-state index < -0.39 is 90.9 Å². The van der Waals surface area contributed by atoms with Gasteiger partial charge in [-0.3, -0.25) is 28.8 Å². The molecule has 198 valence electrons. The van der Waals surface area contributed by atoms with Gasteiger partial charge in [-0.15, -0.1) is 0 Å². The van der Waals surface area contributed by atoms with Gasteiger partial charge in [0.15, 0.2) is 0 Å². The third-order valence-electron chi connectivity index (χ3n) is 5.10. The molecule has 0 saturated heterocycles. The van der Waals surface area contributed by atoms with Crippen molar-refractivity contribution >= 4 is 41.5 Å². The van der Waals surface area contributed by atoms with Gasteiger partial charge in [-0.1, -0.05) is 20.3 Å². The summed E-state index contributed by atoms with van der Waals surface area (Å²) < 4.78 is 0. The Hall–Kier alpha value is -3.75. The summed E-state index contributed by atoms with van der Waals surface area (Å²) in [6.07, 6.45) is -1.80. The summed E-state index contributed by atoms with van der Waals surface area (Å²) >= 11 is 0. The number of carbonyl (C=O) groups excluding carboxylic acids is 4. The molecule has 5 atom stereocenters. The predicted molar refractivity (Wildman–Crippen MR) is 118 cm³/mol. The SMILES string of the molecule is CCC(C)C(NC(=O)C(CC(=O)O)NC(=O)C(N)CCC(N)=O)C(=O)NC(CCC(=O)O)C(=O)O. The molecule has 0 aliphatic carbocycles. The second kappa shape index (κ2) is 15.2. The van der Waals surface area contributed by atoms with Gasteiger partial charge in [0.25, 0.3) is 0 Å². The largest absolute Gasteiger partial charge is 0.481 e. The third kappa shape index (κ3) is 12.3. The third-order valence-corrected chi connectivity index (χ3v) is 5.10. The summed E-state index contributed by atoms with van der Waals surface area (Å²) in [4.78, 5) is 82.0. The molecule has 5 unspecified atom stereocenters. The van der Waals surface area contributed by atoms with Crippen molar-refractivity contribution in [3.05, 3.63) is 0 Å². The lowest BCUT2D eigenvalue weighted by atomic mass is 9.97. The van der Waals surface area contributed by atoms with Gasteiger partial charge >= 0.3 is 17.9 Å². The number of nitrogens with two attached hydrogens (primary N) is 2. The fourth-order valence-electron chi connectivity index (χ4n) is 2.83. The number of amides is 4. The van der Waals surface area contributed by atoms with Crippen molar-refractivity contribution in [3.8, 4) is 0 Å². The van der Waals surface area contributed by atoms with Crippen molar-refractivity contribution in [2.75, 3.05) is 0 Å². The van der Waals surface area contributed by atoms with E-state index in [0.29, 0.717) is 6.42 Å². The number of aliphatic carboxylic acids is 3. The molecule has 0 saturated carbocycles. The molecule has 0 aromatic carbocycles. The minimum absolute atomic E-state index is 0.145. The van der Waals surface area contributed by atoms with Crippen LogP contribution in [0.3, 0.4) is 0 Å². The molecular formula is C20H33N5O10. The van der Waals surface area contributed by atoms with Crippen molar-refractivity contribution in [1.82, 2.24) is 16.0 Å². The van der Waals surface area contributed by atoms with Gasteiger partial charge in [-0.25, -0.2) is 4.79 Å². The topological polar surface area (TPSA) is 268 Å². The molecule has 10 N–H and O–H groups in total. The van der Waals surface area contributed by atoms with Gasteiger partial charge in [0, 0.05) is 12.8 Å². The van der Waals surface area contributed by atoms with E-state index in [9.17, 15) is 38.7 Å². The molecule has 0 rings (SSSR count). The molecule has 0 aromatic rings. The number of carbonyl (C=O) groups is 7. The first kappa shape index (κ1) is 31.2. The van der Waals surface area contributed by atoms with Crippen molar-refractivity contribution in [1.29, 1.82) is 0 Å². The average Bonchev–Trinajstić information content (AvgIpc) is 2.76. The minimum Gasteiger partial charge on any atom is -0.481 e. The molecule has 15 heteroatoms. The maximum Gasteiger partial charge on any atom is 0.326 e. The lowest BCUT2D eigenvalue weighted by molar-refractivity contribution is -0.144. The first-order valence-corrected chi connectivity index (χ1v) is 10.8. The molecule has 0 fully saturated rings. The molecule has 0 aliphatic rings. The normalized spacial score (nSPS) is 14.9. The first-order chi connectivity index (χ1) is 16.2. The standard InChI is InChI=1S/C20H33N5O10/c1-3-9(2)16(19(33)23-11(20(34)35)5-7-14(27)28)25-18(32)12(8-15(29)30)24-17(31)10(21)4-6-13(22)26/h9-12,16H,3-8,21H2,1-2H3,(H2,22,26)(H,23,33)(H,24,31)(H,25,32)(H,27,28)(H,29,30)(H,34,35). The Bertz CT molecular complexity index is 818. The molecule has 0 aliphatic heterocycles. The highest BCUT2D eigenvalue weighted by molar-refractivity contribution is 5.95. The van der Waals surface area contributed by atoms with Crippen LogP contribution in [0.5, 0.6) is 0 Å². The van der Waals surface area contributed by atoms with Crippen LogP contribution in [0.2, 0.25) is 0 Å². The van der Waals surface area contributed by atoms with Gasteiger partial charge < -0.3 is 42.7 Å². The van der Waals surface area contributed by atoms with Crippen LogP contribution >= 0.6 is 0 Å². The van der Waals surface area contributed by atoms with Gasteiger partial charge in [0.05, 0.1) is 12.5 Å². The number of rotatable bonds is 17. The summed E-state index contributed by atoms with van der Waals surface area (Å²) in [6, 6.07) is -5.76. The monoisotopic (exact) mass is 503 g/mol. The van der Waals surface area contributed by atoms with Crippen molar-refractivity contribution in [2.24, 2.45) is 17.4 Å². The fraction of sp³-hybridized carbons (Fsp3) is 0.650. The van der Waals surface area contributed by atoms with Crippen molar-refractivity contribution in [2.45, 2.75) is 76.5 Å². The average molecular weight is 504 g/mol. The zero-order chi connectivity index (χ0) is 27.3. The lowest BCUT2D eigenvalue weighted by Crippen LogP contribution is -2.59. The molecule has 0 aromatic heterocycles. The molecule has 0 radical (unpaired) electrons. The molecule has 4 amide bonds. The molecule has 0 heterocycles. The molecule has 15 nitrogen and oxygen atoms in total. The highest BCUT2D eigenvalue weighted by Crippen LogP contribution is 2.11. The van der Waals surface area contributed by atoms with Crippen LogP contribution in [0.1, 0.15) is 52.4 Å². The van der Waals surface area contributed by atoms with Crippen LogP contribution in [0.25, 0.3) is 0 Å². The summed E-state index contributed by atoms with van der Waals surface area (Å²) in [5.74, 6) is -8.33. The first-order valence-electron chi connectivity index (χ1n) is 10.8. The molecule has 0 spiro atoms. The van der Waals surface area contributed by atoms with Crippen LogP contribution in [0.4, 0.5) is 0 Å². The van der Waals surface area contributed by atoms with E-state index in [1.54, 1.807) is 13.8 Å². The summed E-state index contributed by atoms with van der Waals surface area (Å²) in [7, 11) is 0. The van der Waals surface area contributed by atoms with Crippen molar-refractivity contribution < 1.29 is 48.9 Å². The van der Waals surface area contributed by atoms with Gasteiger partial charge in [0.1, 0.15) is 18.1 Å². The Balaban J connectivity index is 5.56. The van der Waals surface area contributed by atoms with Gasteiger partial charge in [-0.2, -0.15) is 0 Å². The maximum atomic E-state index is 12.8. The summed E-state index contributed by atoms with van der Waals surface area (Å²) in [5, 5.41) is 33.8. The van der Waals surface area contributed by atoms with E-state index in [1.807, 2.05) is 0 Å². The van der Waals surface area contributed by atoms with Gasteiger partial charge in [-0.05, 0) is 18.8 Å². The number of hydrogen-bond acceptors (Lipinski definition) is 8.